The predicted octanol–water partition coefficient (Wildman–Crippen LogP) is -0.782. The highest BCUT2D eigenvalue weighted by atomic mass is 32.2. The highest BCUT2D eigenvalue weighted by Crippen LogP contribution is 2.08. The normalized spacial score (nSPS) is 20.3. The van der Waals surface area contributed by atoms with Crippen LogP contribution in [0.2, 0.25) is 0 Å². The molecule has 0 aromatic rings. The molecule has 1 saturated heterocycles. The maximum absolute atomic E-state index is 11.9. The largest absolute Gasteiger partial charge is 0.339 e. The van der Waals surface area contributed by atoms with Crippen LogP contribution in [0.3, 0.4) is 0 Å². The summed E-state index contributed by atoms with van der Waals surface area (Å²) in [7, 11) is -3.14. The van der Waals surface area contributed by atoms with Crippen LogP contribution in [-0.4, -0.2) is 62.0 Å². The first-order valence-electron chi connectivity index (χ1n) is 5.85. The molecule has 1 heterocycles. The van der Waals surface area contributed by atoms with Crippen LogP contribution in [-0.2, 0) is 14.8 Å². The lowest BCUT2D eigenvalue weighted by Crippen LogP contribution is -2.54. The lowest BCUT2D eigenvalue weighted by Gasteiger charge is -2.34. The number of hydrogen-bond donors (Lipinski definition) is 1. The van der Waals surface area contributed by atoms with E-state index in [-0.39, 0.29) is 5.91 Å². The topological polar surface area (TPSA) is 83.7 Å². The summed E-state index contributed by atoms with van der Waals surface area (Å²) in [5.74, 6) is -0.0694. The molecule has 1 atom stereocenters. The Labute approximate surface area is 103 Å². The van der Waals surface area contributed by atoms with Gasteiger partial charge in [0.15, 0.2) is 0 Å². The molecule has 0 aromatic heterocycles. The van der Waals surface area contributed by atoms with E-state index >= 15 is 0 Å². The molecule has 6 nitrogen and oxygen atoms in total. The van der Waals surface area contributed by atoms with Crippen molar-refractivity contribution in [3.05, 3.63) is 0 Å². The number of nitrogens with zero attached hydrogens (tertiary/aromatic N) is 2. The lowest BCUT2D eigenvalue weighted by atomic mass is 10.1. The van der Waals surface area contributed by atoms with Gasteiger partial charge in [-0.1, -0.05) is 13.3 Å². The van der Waals surface area contributed by atoms with Crippen molar-refractivity contribution in [2.24, 2.45) is 5.73 Å². The Morgan fingerprint density at radius 1 is 1.29 bits per heavy atom. The van der Waals surface area contributed by atoms with Gasteiger partial charge in [0.2, 0.25) is 15.9 Å². The van der Waals surface area contributed by atoms with Gasteiger partial charge >= 0.3 is 0 Å². The smallest absolute Gasteiger partial charge is 0.239 e. The van der Waals surface area contributed by atoms with Crippen LogP contribution in [0.4, 0.5) is 0 Å². The summed E-state index contributed by atoms with van der Waals surface area (Å²) in [6, 6.07) is -0.454. The number of rotatable bonds is 4. The van der Waals surface area contributed by atoms with Gasteiger partial charge < -0.3 is 10.6 Å². The van der Waals surface area contributed by atoms with Crippen LogP contribution in [0.1, 0.15) is 19.8 Å². The van der Waals surface area contributed by atoms with Gasteiger partial charge in [0.25, 0.3) is 0 Å². The molecule has 1 aliphatic rings. The molecular formula is C10H21N3O3S. The third kappa shape index (κ3) is 3.93. The molecule has 0 aromatic carbocycles. The second-order valence-electron chi connectivity index (χ2n) is 4.38. The van der Waals surface area contributed by atoms with E-state index in [4.69, 9.17) is 5.73 Å². The van der Waals surface area contributed by atoms with Crippen molar-refractivity contribution in [2.45, 2.75) is 25.8 Å². The molecule has 1 aliphatic heterocycles. The molecule has 1 rings (SSSR count). The Morgan fingerprint density at radius 2 is 1.82 bits per heavy atom. The highest BCUT2D eigenvalue weighted by molar-refractivity contribution is 7.88. The first kappa shape index (κ1) is 14.4. The molecule has 2 N–H and O–H groups in total. The summed E-state index contributed by atoms with van der Waals surface area (Å²) in [5, 5.41) is 0. The fourth-order valence-corrected chi connectivity index (χ4v) is 2.74. The van der Waals surface area contributed by atoms with Crippen molar-refractivity contribution in [3.8, 4) is 0 Å². The van der Waals surface area contributed by atoms with Gasteiger partial charge in [0.05, 0.1) is 12.3 Å². The van der Waals surface area contributed by atoms with Crippen molar-refractivity contribution in [2.75, 3.05) is 32.4 Å². The van der Waals surface area contributed by atoms with Crippen molar-refractivity contribution >= 4 is 15.9 Å². The van der Waals surface area contributed by atoms with Crippen LogP contribution >= 0.6 is 0 Å². The minimum absolute atomic E-state index is 0.0694. The van der Waals surface area contributed by atoms with Gasteiger partial charge in [-0.05, 0) is 6.42 Å². The zero-order chi connectivity index (χ0) is 13.1. The lowest BCUT2D eigenvalue weighted by molar-refractivity contribution is -0.133. The summed E-state index contributed by atoms with van der Waals surface area (Å²) >= 11 is 0. The average molecular weight is 263 g/mol. The Bertz CT molecular complexity index is 361. The third-order valence-electron chi connectivity index (χ3n) is 2.94. The fraction of sp³-hybridized carbons (Fsp3) is 0.900. The molecular weight excluding hydrogens is 242 g/mol. The van der Waals surface area contributed by atoms with E-state index in [0.717, 1.165) is 6.42 Å². The molecule has 0 radical (unpaired) electrons. The van der Waals surface area contributed by atoms with Crippen molar-refractivity contribution in [1.29, 1.82) is 0 Å². The second-order valence-corrected chi connectivity index (χ2v) is 6.36. The first-order chi connectivity index (χ1) is 7.86. The third-order valence-corrected chi connectivity index (χ3v) is 4.24. The number of piperazine rings is 1. The molecule has 100 valence electrons. The van der Waals surface area contributed by atoms with Gasteiger partial charge in [0, 0.05) is 26.2 Å². The minimum atomic E-state index is -3.14. The first-order valence-corrected chi connectivity index (χ1v) is 7.70. The molecule has 17 heavy (non-hydrogen) atoms. The maximum atomic E-state index is 11.9. The number of carbonyl (C=O) groups is 1. The standard InChI is InChI=1S/C10H21N3O3S/c1-3-4-9(11)10(14)12-5-7-13(8-6-12)17(2,15)16/h9H,3-8,11H2,1-2H3/t9-/m1/s1. The zero-order valence-electron chi connectivity index (χ0n) is 10.4. The summed E-state index contributed by atoms with van der Waals surface area (Å²) < 4.78 is 24.0. The van der Waals surface area contributed by atoms with Gasteiger partial charge in [0.1, 0.15) is 0 Å². The van der Waals surface area contributed by atoms with Crippen molar-refractivity contribution in [1.82, 2.24) is 9.21 Å². The van der Waals surface area contributed by atoms with Crippen LogP contribution in [0.15, 0.2) is 0 Å². The molecule has 7 heteroatoms. The average Bonchev–Trinajstić information content (AvgIpc) is 2.27. The Kier molecular flexibility index (Phi) is 4.91. The van der Waals surface area contributed by atoms with Crippen molar-refractivity contribution < 1.29 is 13.2 Å². The SMILES string of the molecule is CCC[C@@H](N)C(=O)N1CCN(S(C)(=O)=O)CC1. The minimum Gasteiger partial charge on any atom is -0.339 e. The Hall–Kier alpha value is -0.660. The highest BCUT2D eigenvalue weighted by Gasteiger charge is 2.28. The van der Waals surface area contributed by atoms with E-state index in [2.05, 4.69) is 0 Å². The van der Waals surface area contributed by atoms with E-state index < -0.39 is 16.1 Å². The summed E-state index contributed by atoms with van der Waals surface area (Å²) in [6.45, 7) is 3.58. The molecule has 0 saturated carbocycles. The number of amides is 1. The van der Waals surface area contributed by atoms with E-state index in [9.17, 15) is 13.2 Å². The fourth-order valence-electron chi connectivity index (χ4n) is 1.91. The summed E-state index contributed by atoms with van der Waals surface area (Å²) in [5.41, 5.74) is 5.76. The van der Waals surface area contributed by atoms with Gasteiger partial charge in [-0.15, -0.1) is 0 Å². The van der Waals surface area contributed by atoms with Crippen LogP contribution < -0.4 is 5.73 Å². The van der Waals surface area contributed by atoms with Gasteiger partial charge in [-0.25, -0.2) is 8.42 Å². The van der Waals surface area contributed by atoms with Gasteiger partial charge in [-0.2, -0.15) is 4.31 Å². The number of sulfonamides is 1. The zero-order valence-corrected chi connectivity index (χ0v) is 11.2. The second kappa shape index (κ2) is 5.79. The summed E-state index contributed by atoms with van der Waals surface area (Å²) in [4.78, 5) is 13.5. The number of carbonyl (C=O) groups excluding carboxylic acids is 1. The molecule has 0 unspecified atom stereocenters. The predicted molar refractivity (Wildman–Crippen MR) is 65.9 cm³/mol. The molecule has 1 fully saturated rings. The molecule has 1 amide bonds. The molecule has 0 aliphatic carbocycles. The molecule has 0 bridgehead atoms. The van der Waals surface area contributed by atoms with Crippen LogP contribution in [0, 0.1) is 0 Å². The quantitative estimate of drug-likeness (QED) is 0.721. The monoisotopic (exact) mass is 263 g/mol. The van der Waals surface area contributed by atoms with Crippen LogP contribution in [0.25, 0.3) is 0 Å². The van der Waals surface area contributed by atoms with E-state index in [0.29, 0.717) is 32.6 Å². The maximum Gasteiger partial charge on any atom is 0.239 e. The van der Waals surface area contributed by atoms with Gasteiger partial charge in [-0.3, -0.25) is 4.79 Å². The van der Waals surface area contributed by atoms with E-state index in [1.165, 1.54) is 10.6 Å². The Balaban J connectivity index is 2.49. The number of hydrogen-bond acceptors (Lipinski definition) is 4. The van der Waals surface area contributed by atoms with Crippen LogP contribution in [0.5, 0.6) is 0 Å². The summed E-state index contributed by atoms with van der Waals surface area (Å²) in [6.07, 6.45) is 2.73. The Morgan fingerprint density at radius 3 is 2.24 bits per heavy atom. The number of nitrogens with two attached hydrogens (primary N) is 1. The van der Waals surface area contributed by atoms with E-state index in [1.807, 2.05) is 6.92 Å². The van der Waals surface area contributed by atoms with Crippen molar-refractivity contribution in [3.63, 3.8) is 0 Å². The molecule has 0 spiro atoms. The van der Waals surface area contributed by atoms with E-state index in [1.54, 1.807) is 4.90 Å².